The number of carbonyl (C=O) groups is 1. The summed E-state index contributed by atoms with van der Waals surface area (Å²) in [5, 5.41) is 0. The molecular weight excluding hydrogens is 292 g/mol. The predicted molar refractivity (Wildman–Crippen MR) is 77.3 cm³/mol. The number of imidazole rings is 1. The normalized spacial score (nSPS) is 24.7. The number of likely N-dealkylation sites (N-methyl/N-ethyl adjacent to an activating group) is 1. The van der Waals surface area contributed by atoms with Crippen LogP contribution in [0.4, 0.5) is 0 Å². The molecule has 2 aliphatic rings. The van der Waals surface area contributed by atoms with Crippen LogP contribution in [-0.2, 0) is 27.7 Å². The quantitative estimate of drug-likeness (QED) is 0.741. The van der Waals surface area contributed by atoms with E-state index in [1.807, 2.05) is 6.20 Å². The minimum absolute atomic E-state index is 0.0166. The zero-order valence-corrected chi connectivity index (χ0v) is 12.9. The standard InChI is InChI=1S/C13H20N4O3S/c1-15(11-2-7-21(19,20)10-11)13(18)9-16-5-6-17-4-3-14-12(17)8-16/h3-4,11H,2,5-10H2,1H3. The number of hydrogen-bond donors (Lipinski definition) is 0. The molecule has 116 valence electrons. The summed E-state index contributed by atoms with van der Waals surface area (Å²) in [7, 11) is -1.25. The van der Waals surface area contributed by atoms with Crippen molar-refractivity contribution in [1.29, 1.82) is 0 Å². The van der Waals surface area contributed by atoms with Gasteiger partial charge in [0.2, 0.25) is 5.91 Å². The Bertz CT molecular complexity index is 640. The van der Waals surface area contributed by atoms with Crippen molar-refractivity contribution < 1.29 is 13.2 Å². The summed E-state index contributed by atoms with van der Waals surface area (Å²) in [4.78, 5) is 20.3. The summed E-state index contributed by atoms with van der Waals surface area (Å²) in [6.07, 6.45) is 4.27. The lowest BCUT2D eigenvalue weighted by molar-refractivity contribution is -0.133. The lowest BCUT2D eigenvalue weighted by Gasteiger charge is -2.30. The monoisotopic (exact) mass is 312 g/mol. The van der Waals surface area contributed by atoms with Gasteiger partial charge in [0.15, 0.2) is 9.84 Å². The first kappa shape index (κ1) is 14.5. The van der Waals surface area contributed by atoms with E-state index in [1.165, 1.54) is 0 Å². The Kier molecular flexibility index (Phi) is 3.75. The molecule has 0 N–H and O–H groups in total. The van der Waals surface area contributed by atoms with Crippen molar-refractivity contribution in [2.45, 2.75) is 25.6 Å². The first-order chi connectivity index (χ1) is 9.94. The summed E-state index contributed by atoms with van der Waals surface area (Å²) in [6, 6.07) is -0.172. The van der Waals surface area contributed by atoms with Gasteiger partial charge in [0.1, 0.15) is 5.82 Å². The maximum absolute atomic E-state index is 12.3. The third-order valence-electron chi connectivity index (χ3n) is 4.33. The van der Waals surface area contributed by atoms with Crippen molar-refractivity contribution in [2.24, 2.45) is 0 Å². The van der Waals surface area contributed by atoms with Crippen molar-refractivity contribution >= 4 is 15.7 Å². The van der Waals surface area contributed by atoms with Gasteiger partial charge in [0.25, 0.3) is 0 Å². The van der Waals surface area contributed by atoms with Crippen molar-refractivity contribution in [1.82, 2.24) is 19.4 Å². The highest BCUT2D eigenvalue weighted by Crippen LogP contribution is 2.17. The highest BCUT2D eigenvalue weighted by molar-refractivity contribution is 7.91. The van der Waals surface area contributed by atoms with E-state index < -0.39 is 9.84 Å². The second kappa shape index (κ2) is 5.42. The van der Waals surface area contributed by atoms with Gasteiger partial charge in [0.05, 0.1) is 24.6 Å². The van der Waals surface area contributed by atoms with Crippen LogP contribution in [0.1, 0.15) is 12.2 Å². The fourth-order valence-electron chi connectivity index (χ4n) is 2.95. The predicted octanol–water partition coefficient (Wildman–Crippen LogP) is -0.656. The van der Waals surface area contributed by atoms with E-state index in [0.717, 1.165) is 18.9 Å². The Morgan fingerprint density at radius 2 is 2.29 bits per heavy atom. The number of sulfone groups is 1. The van der Waals surface area contributed by atoms with Crippen LogP contribution < -0.4 is 0 Å². The molecule has 0 aromatic carbocycles. The lowest BCUT2D eigenvalue weighted by atomic mass is 10.2. The molecule has 21 heavy (non-hydrogen) atoms. The van der Waals surface area contributed by atoms with E-state index in [4.69, 9.17) is 0 Å². The van der Waals surface area contributed by atoms with E-state index in [-0.39, 0.29) is 23.5 Å². The van der Waals surface area contributed by atoms with Gasteiger partial charge in [-0.05, 0) is 6.42 Å². The topological polar surface area (TPSA) is 75.5 Å². The minimum Gasteiger partial charge on any atom is -0.341 e. The molecule has 0 spiro atoms. The van der Waals surface area contributed by atoms with Gasteiger partial charge in [-0.2, -0.15) is 0 Å². The Morgan fingerprint density at radius 1 is 1.48 bits per heavy atom. The van der Waals surface area contributed by atoms with Gasteiger partial charge in [-0.25, -0.2) is 13.4 Å². The number of amides is 1. The van der Waals surface area contributed by atoms with Gasteiger partial charge < -0.3 is 9.47 Å². The number of fused-ring (bicyclic) bond motifs is 1. The molecule has 0 aliphatic carbocycles. The molecule has 7 nitrogen and oxygen atoms in total. The molecular formula is C13H20N4O3S. The summed E-state index contributed by atoms with van der Waals surface area (Å²) in [5.41, 5.74) is 0. The van der Waals surface area contributed by atoms with Crippen LogP contribution in [0, 0.1) is 0 Å². The summed E-state index contributed by atoms with van der Waals surface area (Å²) >= 11 is 0. The molecule has 3 heterocycles. The van der Waals surface area contributed by atoms with Crippen LogP contribution in [0.2, 0.25) is 0 Å². The Hall–Kier alpha value is -1.41. The first-order valence-corrected chi connectivity index (χ1v) is 8.95. The van der Waals surface area contributed by atoms with E-state index in [0.29, 0.717) is 19.5 Å². The summed E-state index contributed by atoms with van der Waals surface area (Å²) in [5.74, 6) is 1.24. The highest BCUT2D eigenvalue weighted by atomic mass is 32.2. The highest BCUT2D eigenvalue weighted by Gasteiger charge is 2.33. The van der Waals surface area contributed by atoms with Crippen LogP contribution in [0.25, 0.3) is 0 Å². The Labute approximate surface area is 124 Å². The number of nitrogens with zero attached hydrogens (tertiary/aromatic N) is 4. The molecule has 1 aromatic heterocycles. The molecule has 1 atom stereocenters. The van der Waals surface area contributed by atoms with Crippen molar-refractivity contribution in [3.8, 4) is 0 Å². The van der Waals surface area contributed by atoms with Crippen LogP contribution in [0.3, 0.4) is 0 Å². The Morgan fingerprint density at radius 3 is 3.00 bits per heavy atom. The fraction of sp³-hybridized carbons (Fsp3) is 0.692. The maximum Gasteiger partial charge on any atom is 0.236 e. The number of aromatic nitrogens is 2. The van der Waals surface area contributed by atoms with Gasteiger partial charge in [-0.3, -0.25) is 9.69 Å². The van der Waals surface area contributed by atoms with Crippen molar-refractivity contribution in [2.75, 3.05) is 31.6 Å². The average Bonchev–Trinajstić information content (AvgIpc) is 3.03. The van der Waals surface area contributed by atoms with Crippen molar-refractivity contribution in [3.05, 3.63) is 18.2 Å². The van der Waals surface area contributed by atoms with E-state index in [1.54, 1.807) is 18.1 Å². The number of carbonyl (C=O) groups excluding carboxylic acids is 1. The second-order valence-electron chi connectivity index (χ2n) is 5.81. The molecule has 8 heteroatoms. The second-order valence-corrected chi connectivity index (χ2v) is 8.04. The lowest BCUT2D eigenvalue weighted by Crippen LogP contribution is -2.45. The molecule has 0 radical (unpaired) electrons. The van der Waals surface area contributed by atoms with Crippen LogP contribution >= 0.6 is 0 Å². The zero-order valence-electron chi connectivity index (χ0n) is 12.1. The van der Waals surface area contributed by atoms with E-state index in [9.17, 15) is 13.2 Å². The van der Waals surface area contributed by atoms with Gasteiger partial charge in [0, 0.05) is 38.6 Å². The largest absolute Gasteiger partial charge is 0.341 e. The van der Waals surface area contributed by atoms with Crippen LogP contribution in [0.5, 0.6) is 0 Å². The third-order valence-corrected chi connectivity index (χ3v) is 6.08. The fourth-order valence-corrected chi connectivity index (χ4v) is 4.72. The smallest absolute Gasteiger partial charge is 0.236 e. The number of hydrogen-bond acceptors (Lipinski definition) is 5. The molecule has 0 saturated carbocycles. The maximum atomic E-state index is 12.3. The molecule has 0 bridgehead atoms. The minimum atomic E-state index is -2.96. The van der Waals surface area contributed by atoms with Crippen molar-refractivity contribution in [3.63, 3.8) is 0 Å². The molecule has 2 aliphatic heterocycles. The van der Waals surface area contributed by atoms with Gasteiger partial charge in [-0.1, -0.05) is 0 Å². The third kappa shape index (κ3) is 3.11. The van der Waals surface area contributed by atoms with Crippen LogP contribution in [-0.4, -0.2) is 71.4 Å². The summed E-state index contributed by atoms with van der Waals surface area (Å²) in [6.45, 7) is 2.63. The zero-order chi connectivity index (χ0) is 15.0. The van der Waals surface area contributed by atoms with Gasteiger partial charge >= 0.3 is 0 Å². The summed E-state index contributed by atoms with van der Waals surface area (Å²) < 4.78 is 25.1. The average molecular weight is 312 g/mol. The van der Waals surface area contributed by atoms with E-state index >= 15 is 0 Å². The number of rotatable bonds is 3. The molecule has 1 fully saturated rings. The Balaban J connectivity index is 1.57. The SMILES string of the molecule is CN(C(=O)CN1CCn2ccnc2C1)C1CCS(=O)(=O)C1. The van der Waals surface area contributed by atoms with E-state index in [2.05, 4.69) is 14.5 Å². The molecule has 3 rings (SSSR count). The van der Waals surface area contributed by atoms with Gasteiger partial charge in [-0.15, -0.1) is 0 Å². The molecule has 1 saturated heterocycles. The molecule has 1 amide bonds. The van der Waals surface area contributed by atoms with Crippen LogP contribution in [0.15, 0.2) is 12.4 Å². The molecule has 1 unspecified atom stereocenters. The molecule has 1 aromatic rings. The first-order valence-electron chi connectivity index (χ1n) is 7.13.